The van der Waals surface area contributed by atoms with Gasteiger partial charge in [-0.3, -0.25) is 0 Å². The van der Waals surface area contributed by atoms with Crippen LogP contribution < -0.4 is 5.32 Å². The summed E-state index contributed by atoms with van der Waals surface area (Å²) in [5, 5.41) is 5.04. The monoisotopic (exact) mass is 295 g/mol. The molecule has 0 saturated carbocycles. The zero-order valence-corrected chi connectivity index (χ0v) is 13.4. The number of likely N-dealkylation sites (N-methyl/N-ethyl adjacent to an activating group) is 1. The van der Waals surface area contributed by atoms with Crippen LogP contribution >= 0.6 is 11.3 Å². The van der Waals surface area contributed by atoms with Gasteiger partial charge < -0.3 is 15.0 Å². The van der Waals surface area contributed by atoms with Gasteiger partial charge in [0.2, 0.25) is 0 Å². The maximum absolute atomic E-state index is 5.20. The minimum absolute atomic E-state index is 0.0509. The van der Waals surface area contributed by atoms with Crippen molar-refractivity contribution in [2.24, 2.45) is 0 Å². The molecule has 3 rings (SSSR count). The van der Waals surface area contributed by atoms with Gasteiger partial charge in [-0.15, -0.1) is 11.3 Å². The highest BCUT2D eigenvalue weighted by Crippen LogP contribution is 2.37. The van der Waals surface area contributed by atoms with Crippen molar-refractivity contribution in [3.63, 3.8) is 0 Å². The minimum Gasteiger partial charge on any atom is -0.383 e. The van der Waals surface area contributed by atoms with Crippen LogP contribution in [-0.2, 0) is 23.1 Å². The van der Waals surface area contributed by atoms with E-state index in [1.165, 1.54) is 41.3 Å². The Morgan fingerprint density at radius 1 is 1.40 bits per heavy atom. The summed E-state index contributed by atoms with van der Waals surface area (Å²) in [6.45, 7) is 3.86. The normalized spacial score (nSPS) is 26.9. The van der Waals surface area contributed by atoms with Crippen molar-refractivity contribution < 1.29 is 4.74 Å². The van der Waals surface area contributed by atoms with E-state index in [1.54, 1.807) is 7.11 Å². The van der Waals surface area contributed by atoms with E-state index < -0.39 is 0 Å². The van der Waals surface area contributed by atoms with Crippen LogP contribution in [0.4, 0.5) is 0 Å². The second-order valence-electron chi connectivity index (χ2n) is 6.09. The Balaban J connectivity index is 1.83. The van der Waals surface area contributed by atoms with E-state index in [4.69, 9.17) is 9.72 Å². The molecule has 0 spiro atoms. The van der Waals surface area contributed by atoms with Crippen LogP contribution in [0, 0.1) is 0 Å². The Labute approximate surface area is 125 Å². The number of methoxy groups -OCH3 is 1. The van der Waals surface area contributed by atoms with E-state index in [9.17, 15) is 0 Å². The van der Waals surface area contributed by atoms with Crippen LogP contribution in [0.2, 0.25) is 0 Å². The lowest BCUT2D eigenvalue weighted by Crippen LogP contribution is -2.45. The third-order valence-electron chi connectivity index (χ3n) is 4.48. The largest absolute Gasteiger partial charge is 0.383 e. The number of fused-ring (bicyclic) bond motifs is 1. The third-order valence-corrected chi connectivity index (χ3v) is 5.85. The summed E-state index contributed by atoms with van der Waals surface area (Å²) in [5.74, 6) is 0. The summed E-state index contributed by atoms with van der Waals surface area (Å²) >= 11 is 1.95. The van der Waals surface area contributed by atoms with Crippen molar-refractivity contribution in [2.45, 2.75) is 37.6 Å². The molecule has 1 atom stereocenters. The number of hydrogen-bond acceptors (Lipinski definition) is 5. The van der Waals surface area contributed by atoms with E-state index in [2.05, 4.69) is 17.3 Å². The van der Waals surface area contributed by atoms with Crippen LogP contribution in [-0.4, -0.2) is 50.3 Å². The number of ether oxygens (including phenoxy) is 1. The number of nitrogens with one attached hydrogen (secondary N) is 1. The van der Waals surface area contributed by atoms with Gasteiger partial charge in [-0.1, -0.05) is 0 Å². The average Bonchev–Trinajstić information content (AvgIpc) is 3.04. The molecule has 1 unspecified atom stereocenters. The van der Waals surface area contributed by atoms with Gasteiger partial charge in [-0.25, -0.2) is 4.98 Å². The number of thiazole rings is 1. The Kier molecular flexibility index (Phi) is 4.40. The van der Waals surface area contributed by atoms with Gasteiger partial charge in [0.1, 0.15) is 5.01 Å². The fraction of sp³-hybridized carbons (Fsp3) is 0.800. The molecule has 4 nitrogen and oxygen atoms in total. The second kappa shape index (κ2) is 6.10. The fourth-order valence-corrected chi connectivity index (χ4v) is 4.68. The van der Waals surface area contributed by atoms with E-state index in [0.29, 0.717) is 0 Å². The van der Waals surface area contributed by atoms with Crippen LogP contribution in [0.3, 0.4) is 0 Å². The maximum atomic E-state index is 5.20. The second-order valence-corrected chi connectivity index (χ2v) is 7.17. The molecule has 1 aliphatic carbocycles. The molecule has 1 aromatic rings. The third kappa shape index (κ3) is 2.77. The standard InChI is InChI=1S/C15H25N3OS/c1-18-9-7-15(11-18,16-8-10-19-2)14-17-12-5-3-4-6-13(12)20-14/h16H,3-11H2,1-2H3. The summed E-state index contributed by atoms with van der Waals surface area (Å²) in [5.41, 5.74) is 1.42. The van der Waals surface area contributed by atoms with E-state index in [0.717, 1.165) is 32.7 Å². The summed E-state index contributed by atoms with van der Waals surface area (Å²) < 4.78 is 5.20. The molecule has 20 heavy (non-hydrogen) atoms. The zero-order valence-electron chi connectivity index (χ0n) is 12.6. The molecule has 1 saturated heterocycles. The lowest BCUT2D eigenvalue weighted by Gasteiger charge is -2.28. The Hall–Kier alpha value is -0.490. The van der Waals surface area contributed by atoms with E-state index in [1.807, 2.05) is 11.3 Å². The summed E-state index contributed by atoms with van der Waals surface area (Å²) in [7, 11) is 3.96. The van der Waals surface area contributed by atoms with Crippen molar-refractivity contribution in [1.29, 1.82) is 0 Å². The Morgan fingerprint density at radius 2 is 2.25 bits per heavy atom. The SMILES string of the molecule is COCCNC1(c2nc3c(s2)CCCC3)CCN(C)C1. The zero-order chi connectivity index (χ0) is 14.0. The molecule has 2 heterocycles. The van der Waals surface area contributed by atoms with E-state index >= 15 is 0 Å². The molecule has 1 fully saturated rings. The molecule has 5 heteroatoms. The number of aryl methyl sites for hydroxylation is 2. The first kappa shape index (κ1) is 14.4. The summed E-state index contributed by atoms with van der Waals surface area (Å²) in [6, 6.07) is 0. The quantitative estimate of drug-likeness (QED) is 0.841. The van der Waals surface area contributed by atoms with Crippen LogP contribution in [0.25, 0.3) is 0 Å². The molecule has 0 radical (unpaired) electrons. The number of nitrogens with zero attached hydrogens (tertiary/aromatic N) is 2. The van der Waals surface area contributed by atoms with Crippen LogP contribution in [0.5, 0.6) is 0 Å². The average molecular weight is 295 g/mol. The summed E-state index contributed by atoms with van der Waals surface area (Å²) in [4.78, 5) is 8.95. The van der Waals surface area contributed by atoms with Crippen molar-refractivity contribution >= 4 is 11.3 Å². The van der Waals surface area contributed by atoms with Crippen molar-refractivity contribution in [3.05, 3.63) is 15.6 Å². The number of aromatic nitrogens is 1. The van der Waals surface area contributed by atoms with Crippen molar-refractivity contribution in [3.8, 4) is 0 Å². The lowest BCUT2D eigenvalue weighted by molar-refractivity contribution is 0.183. The minimum atomic E-state index is 0.0509. The van der Waals surface area contributed by atoms with Crippen LogP contribution in [0.1, 0.15) is 34.8 Å². The molecular formula is C15H25N3OS. The van der Waals surface area contributed by atoms with Gasteiger partial charge in [0.15, 0.2) is 0 Å². The number of rotatable bonds is 5. The Morgan fingerprint density at radius 3 is 2.95 bits per heavy atom. The molecule has 1 aliphatic heterocycles. The highest BCUT2D eigenvalue weighted by Gasteiger charge is 2.41. The molecule has 2 aliphatic rings. The first-order valence-electron chi connectivity index (χ1n) is 7.65. The highest BCUT2D eigenvalue weighted by molar-refractivity contribution is 7.11. The highest BCUT2D eigenvalue weighted by atomic mass is 32.1. The van der Waals surface area contributed by atoms with Crippen LogP contribution in [0.15, 0.2) is 0 Å². The van der Waals surface area contributed by atoms with Crippen molar-refractivity contribution in [1.82, 2.24) is 15.2 Å². The maximum Gasteiger partial charge on any atom is 0.115 e. The number of hydrogen-bond donors (Lipinski definition) is 1. The van der Waals surface area contributed by atoms with Gasteiger partial charge in [0.25, 0.3) is 0 Å². The van der Waals surface area contributed by atoms with E-state index in [-0.39, 0.29) is 5.54 Å². The number of likely N-dealkylation sites (tertiary alicyclic amines) is 1. The lowest BCUT2D eigenvalue weighted by atomic mass is 9.99. The van der Waals surface area contributed by atoms with Gasteiger partial charge in [-0.2, -0.15) is 0 Å². The molecular weight excluding hydrogens is 270 g/mol. The van der Waals surface area contributed by atoms with Gasteiger partial charge >= 0.3 is 0 Å². The van der Waals surface area contributed by atoms with Crippen molar-refractivity contribution in [2.75, 3.05) is 40.4 Å². The predicted molar refractivity (Wildman–Crippen MR) is 82.4 cm³/mol. The first-order chi connectivity index (χ1) is 9.73. The fourth-order valence-electron chi connectivity index (χ4n) is 3.34. The topological polar surface area (TPSA) is 37.4 Å². The predicted octanol–water partition coefficient (Wildman–Crippen LogP) is 1.79. The first-order valence-corrected chi connectivity index (χ1v) is 8.47. The smallest absolute Gasteiger partial charge is 0.115 e. The summed E-state index contributed by atoms with van der Waals surface area (Å²) in [6.07, 6.45) is 6.20. The van der Waals surface area contributed by atoms with Gasteiger partial charge in [-0.05, 0) is 39.2 Å². The molecule has 1 aromatic heterocycles. The molecule has 0 aromatic carbocycles. The molecule has 0 bridgehead atoms. The molecule has 112 valence electrons. The van der Waals surface area contributed by atoms with Gasteiger partial charge in [0.05, 0.1) is 17.8 Å². The molecule has 1 N–H and O–H groups in total. The van der Waals surface area contributed by atoms with Gasteiger partial charge in [0, 0.05) is 31.6 Å². The molecule has 0 amide bonds. The Bertz CT molecular complexity index is 438.